The van der Waals surface area contributed by atoms with Crippen molar-refractivity contribution in [2.24, 2.45) is 0 Å². The Morgan fingerprint density at radius 3 is 2.68 bits per heavy atom. The number of carbonyl (C=O) groups is 1. The number of pyridine rings is 1. The standard InChI is InChI=1S/C21H20ClNO5/c1-2-3-11-26-21(25)28-20-18(24)16-10-9-15(12-17(16)19(22)23-20)27-13-14-7-5-4-6-8-14/h4-10,12,24H,2-3,11,13H2,1H3. The highest BCUT2D eigenvalue weighted by Crippen LogP contribution is 2.38. The number of ether oxygens (including phenoxy) is 3. The van der Waals surface area contributed by atoms with Crippen molar-refractivity contribution >= 4 is 28.5 Å². The first-order chi connectivity index (χ1) is 13.6. The van der Waals surface area contributed by atoms with E-state index in [0.717, 1.165) is 18.4 Å². The van der Waals surface area contributed by atoms with Crippen molar-refractivity contribution in [2.75, 3.05) is 6.61 Å². The third kappa shape index (κ3) is 4.84. The number of carbonyl (C=O) groups excluding carboxylic acids is 1. The second kappa shape index (κ2) is 9.28. The van der Waals surface area contributed by atoms with E-state index in [-0.39, 0.29) is 23.4 Å². The van der Waals surface area contributed by atoms with E-state index in [9.17, 15) is 9.90 Å². The maximum Gasteiger partial charge on any atom is 0.515 e. The lowest BCUT2D eigenvalue weighted by atomic mass is 10.1. The number of nitrogens with zero attached hydrogens (tertiary/aromatic N) is 1. The predicted octanol–water partition coefficient (Wildman–Crippen LogP) is 5.49. The van der Waals surface area contributed by atoms with Gasteiger partial charge in [0.15, 0.2) is 5.75 Å². The maximum absolute atomic E-state index is 11.7. The van der Waals surface area contributed by atoms with Crippen molar-refractivity contribution in [3.8, 4) is 17.4 Å². The molecule has 0 aliphatic heterocycles. The molecule has 0 unspecified atom stereocenters. The van der Waals surface area contributed by atoms with Crippen LogP contribution >= 0.6 is 11.6 Å². The average Bonchev–Trinajstić information content (AvgIpc) is 2.71. The van der Waals surface area contributed by atoms with E-state index >= 15 is 0 Å². The van der Waals surface area contributed by atoms with Crippen molar-refractivity contribution in [1.82, 2.24) is 4.98 Å². The van der Waals surface area contributed by atoms with E-state index < -0.39 is 6.16 Å². The molecule has 0 fully saturated rings. The van der Waals surface area contributed by atoms with Crippen molar-refractivity contribution in [3.05, 3.63) is 59.2 Å². The molecule has 2 aromatic carbocycles. The summed E-state index contributed by atoms with van der Waals surface area (Å²) in [6, 6.07) is 14.7. The summed E-state index contributed by atoms with van der Waals surface area (Å²) in [5.74, 6) is -0.00880. The van der Waals surface area contributed by atoms with Crippen LogP contribution in [0.5, 0.6) is 17.4 Å². The first kappa shape index (κ1) is 19.8. The van der Waals surface area contributed by atoms with Gasteiger partial charge in [0, 0.05) is 10.8 Å². The zero-order valence-corrected chi connectivity index (χ0v) is 16.1. The van der Waals surface area contributed by atoms with Crippen LogP contribution in [0, 0.1) is 0 Å². The van der Waals surface area contributed by atoms with Gasteiger partial charge in [-0.2, -0.15) is 4.98 Å². The fraction of sp³-hybridized carbons (Fsp3) is 0.238. The Morgan fingerprint density at radius 2 is 1.93 bits per heavy atom. The summed E-state index contributed by atoms with van der Waals surface area (Å²) in [6.45, 7) is 2.61. The summed E-state index contributed by atoms with van der Waals surface area (Å²) in [4.78, 5) is 15.7. The van der Waals surface area contributed by atoms with Crippen LogP contribution in [0.25, 0.3) is 10.8 Å². The van der Waals surface area contributed by atoms with Gasteiger partial charge in [-0.05, 0) is 30.2 Å². The molecule has 0 aliphatic rings. The van der Waals surface area contributed by atoms with E-state index in [0.29, 0.717) is 23.1 Å². The normalized spacial score (nSPS) is 10.6. The average molecular weight is 402 g/mol. The molecule has 0 aliphatic carbocycles. The van der Waals surface area contributed by atoms with Crippen molar-refractivity contribution in [2.45, 2.75) is 26.4 Å². The van der Waals surface area contributed by atoms with E-state index in [2.05, 4.69) is 4.98 Å². The highest BCUT2D eigenvalue weighted by atomic mass is 35.5. The molecule has 3 rings (SSSR count). The Labute approximate surface area is 167 Å². The van der Waals surface area contributed by atoms with E-state index in [1.54, 1.807) is 18.2 Å². The summed E-state index contributed by atoms with van der Waals surface area (Å²) in [5.41, 5.74) is 1.03. The number of hydrogen-bond acceptors (Lipinski definition) is 6. The minimum atomic E-state index is -0.936. The SMILES string of the molecule is CCCCOC(=O)Oc1nc(Cl)c2cc(OCc3ccccc3)ccc2c1O. The summed E-state index contributed by atoms with van der Waals surface area (Å²) in [7, 11) is 0. The molecular formula is C21H20ClNO5. The van der Waals surface area contributed by atoms with Crippen molar-refractivity contribution in [3.63, 3.8) is 0 Å². The molecule has 7 heteroatoms. The van der Waals surface area contributed by atoms with Gasteiger partial charge in [0.25, 0.3) is 5.88 Å². The molecule has 6 nitrogen and oxygen atoms in total. The molecule has 0 saturated heterocycles. The van der Waals surface area contributed by atoms with Crippen LogP contribution in [-0.2, 0) is 11.3 Å². The summed E-state index contributed by atoms with van der Waals surface area (Å²) < 4.78 is 15.7. The number of rotatable bonds is 7. The molecule has 1 N–H and O–H groups in total. The molecule has 28 heavy (non-hydrogen) atoms. The molecule has 0 radical (unpaired) electrons. The molecule has 1 heterocycles. The Kier molecular flexibility index (Phi) is 6.55. The van der Waals surface area contributed by atoms with Crippen LogP contribution in [0.15, 0.2) is 48.5 Å². The van der Waals surface area contributed by atoms with Crippen molar-refractivity contribution < 1.29 is 24.1 Å². The Morgan fingerprint density at radius 1 is 1.14 bits per heavy atom. The van der Waals surface area contributed by atoms with Crippen LogP contribution in [0.3, 0.4) is 0 Å². The third-order valence-corrected chi connectivity index (χ3v) is 4.30. The monoisotopic (exact) mass is 401 g/mol. The quantitative estimate of drug-likeness (QED) is 0.320. The van der Waals surface area contributed by atoms with E-state index in [1.165, 1.54) is 0 Å². The minimum absolute atomic E-state index is 0.0781. The Hall–Kier alpha value is -2.99. The van der Waals surface area contributed by atoms with Crippen LogP contribution in [0.2, 0.25) is 5.15 Å². The number of hydrogen-bond donors (Lipinski definition) is 1. The fourth-order valence-electron chi connectivity index (χ4n) is 2.53. The van der Waals surface area contributed by atoms with Crippen LogP contribution < -0.4 is 9.47 Å². The summed E-state index contributed by atoms with van der Waals surface area (Å²) in [5, 5.41) is 11.4. The number of benzene rings is 2. The molecule has 0 atom stereocenters. The summed E-state index contributed by atoms with van der Waals surface area (Å²) >= 11 is 6.22. The maximum atomic E-state index is 11.7. The number of aromatic nitrogens is 1. The van der Waals surface area contributed by atoms with Gasteiger partial charge in [-0.15, -0.1) is 0 Å². The molecule has 0 amide bonds. The largest absolute Gasteiger partial charge is 0.515 e. The minimum Gasteiger partial charge on any atom is -0.503 e. The van der Waals surface area contributed by atoms with Gasteiger partial charge >= 0.3 is 6.16 Å². The molecular weight excluding hydrogens is 382 g/mol. The zero-order chi connectivity index (χ0) is 19.9. The van der Waals surface area contributed by atoms with Gasteiger partial charge in [0.05, 0.1) is 6.61 Å². The second-order valence-corrected chi connectivity index (χ2v) is 6.45. The highest BCUT2D eigenvalue weighted by molar-refractivity contribution is 6.34. The Bertz CT molecular complexity index is 962. The smallest absolute Gasteiger partial charge is 0.503 e. The number of halogens is 1. The van der Waals surface area contributed by atoms with Gasteiger partial charge in [0.1, 0.15) is 17.5 Å². The molecule has 0 saturated carbocycles. The molecule has 0 spiro atoms. The van der Waals surface area contributed by atoms with Gasteiger partial charge in [-0.3, -0.25) is 0 Å². The van der Waals surface area contributed by atoms with Gasteiger partial charge in [0.2, 0.25) is 0 Å². The topological polar surface area (TPSA) is 77.9 Å². The van der Waals surface area contributed by atoms with E-state index in [4.69, 9.17) is 25.8 Å². The second-order valence-electron chi connectivity index (χ2n) is 6.09. The van der Waals surface area contributed by atoms with Crippen LogP contribution in [0.4, 0.5) is 4.79 Å². The van der Waals surface area contributed by atoms with Crippen molar-refractivity contribution in [1.29, 1.82) is 0 Å². The number of aromatic hydroxyl groups is 1. The lowest BCUT2D eigenvalue weighted by Gasteiger charge is -2.11. The lowest BCUT2D eigenvalue weighted by Crippen LogP contribution is -2.12. The molecule has 3 aromatic rings. The zero-order valence-electron chi connectivity index (χ0n) is 15.4. The Balaban J connectivity index is 1.77. The first-order valence-corrected chi connectivity index (χ1v) is 9.30. The predicted molar refractivity (Wildman–Crippen MR) is 106 cm³/mol. The van der Waals surface area contributed by atoms with Crippen LogP contribution in [-0.4, -0.2) is 22.9 Å². The molecule has 0 bridgehead atoms. The summed E-state index contributed by atoms with van der Waals surface area (Å²) in [6.07, 6.45) is 0.668. The molecule has 1 aromatic heterocycles. The third-order valence-electron chi connectivity index (χ3n) is 4.02. The van der Waals surface area contributed by atoms with Gasteiger partial charge < -0.3 is 19.3 Å². The lowest BCUT2D eigenvalue weighted by molar-refractivity contribution is 0.0952. The molecule has 146 valence electrons. The number of fused-ring (bicyclic) bond motifs is 1. The highest BCUT2D eigenvalue weighted by Gasteiger charge is 2.18. The van der Waals surface area contributed by atoms with Crippen LogP contribution in [0.1, 0.15) is 25.3 Å². The number of unbranched alkanes of at least 4 members (excludes halogenated alkanes) is 1. The van der Waals surface area contributed by atoms with Gasteiger partial charge in [-0.25, -0.2) is 4.79 Å². The van der Waals surface area contributed by atoms with Gasteiger partial charge in [-0.1, -0.05) is 55.3 Å². The van der Waals surface area contributed by atoms with E-state index in [1.807, 2.05) is 37.3 Å². The fourth-order valence-corrected chi connectivity index (χ4v) is 2.76. The first-order valence-electron chi connectivity index (χ1n) is 8.92.